The zero-order chi connectivity index (χ0) is 17.2. The lowest BCUT2D eigenvalue weighted by atomic mass is 10.0. The third-order valence-corrected chi connectivity index (χ3v) is 5.32. The SMILES string of the molecule is C=CCC(NS(=O)(=O)c1ccc(C)cc1)c1ccc2c(c1)OCO2. The Morgan fingerprint density at radius 2 is 1.88 bits per heavy atom. The Labute approximate surface area is 142 Å². The van der Waals surface area contributed by atoms with Crippen molar-refractivity contribution >= 4 is 10.0 Å². The van der Waals surface area contributed by atoms with Gasteiger partial charge in [-0.3, -0.25) is 0 Å². The summed E-state index contributed by atoms with van der Waals surface area (Å²) in [7, 11) is -3.63. The molecule has 1 unspecified atom stereocenters. The third kappa shape index (κ3) is 3.44. The second-order valence-corrected chi connectivity index (χ2v) is 7.34. The van der Waals surface area contributed by atoms with Crippen LogP contribution in [0.15, 0.2) is 60.0 Å². The zero-order valence-corrected chi connectivity index (χ0v) is 14.2. The number of sulfonamides is 1. The van der Waals surface area contributed by atoms with E-state index in [9.17, 15) is 8.42 Å². The quantitative estimate of drug-likeness (QED) is 0.816. The van der Waals surface area contributed by atoms with Gasteiger partial charge in [0.2, 0.25) is 16.8 Å². The molecular formula is C18H19NO4S. The van der Waals surface area contributed by atoms with Gasteiger partial charge in [-0.15, -0.1) is 6.58 Å². The van der Waals surface area contributed by atoms with Crippen molar-refractivity contribution in [3.63, 3.8) is 0 Å². The first kappa shape index (κ1) is 16.5. The van der Waals surface area contributed by atoms with Crippen molar-refractivity contribution < 1.29 is 17.9 Å². The van der Waals surface area contributed by atoms with Gasteiger partial charge >= 0.3 is 0 Å². The molecule has 0 radical (unpaired) electrons. The van der Waals surface area contributed by atoms with Gasteiger partial charge in [0, 0.05) is 0 Å². The lowest BCUT2D eigenvalue weighted by Gasteiger charge is -2.18. The van der Waals surface area contributed by atoms with Crippen LogP contribution in [0, 0.1) is 6.92 Å². The summed E-state index contributed by atoms with van der Waals surface area (Å²) in [5, 5.41) is 0. The molecule has 0 saturated carbocycles. The molecule has 1 aliphatic rings. The van der Waals surface area contributed by atoms with Gasteiger partial charge in [-0.1, -0.05) is 29.8 Å². The average Bonchev–Trinajstić information content (AvgIpc) is 3.02. The van der Waals surface area contributed by atoms with E-state index in [0.717, 1.165) is 11.1 Å². The number of fused-ring (bicyclic) bond motifs is 1. The minimum Gasteiger partial charge on any atom is -0.454 e. The highest BCUT2D eigenvalue weighted by molar-refractivity contribution is 7.89. The fourth-order valence-electron chi connectivity index (χ4n) is 2.52. The van der Waals surface area contributed by atoms with Crippen molar-refractivity contribution in [1.29, 1.82) is 0 Å². The number of benzene rings is 2. The molecule has 126 valence electrons. The Bertz CT molecular complexity index is 844. The molecule has 2 aromatic rings. The minimum atomic E-state index is -3.63. The summed E-state index contributed by atoms with van der Waals surface area (Å²) < 4.78 is 38.7. The van der Waals surface area contributed by atoms with Crippen LogP contribution in [-0.4, -0.2) is 15.2 Å². The van der Waals surface area contributed by atoms with Crippen LogP contribution in [0.3, 0.4) is 0 Å². The smallest absolute Gasteiger partial charge is 0.241 e. The van der Waals surface area contributed by atoms with Gasteiger partial charge < -0.3 is 9.47 Å². The van der Waals surface area contributed by atoms with E-state index in [1.807, 2.05) is 13.0 Å². The fourth-order valence-corrected chi connectivity index (χ4v) is 3.76. The van der Waals surface area contributed by atoms with Crippen molar-refractivity contribution in [2.45, 2.75) is 24.3 Å². The molecule has 3 rings (SSSR count). The van der Waals surface area contributed by atoms with Crippen LogP contribution in [0.25, 0.3) is 0 Å². The topological polar surface area (TPSA) is 64.6 Å². The molecule has 0 aliphatic carbocycles. The molecule has 1 atom stereocenters. The minimum absolute atomic E-state index is 0.181. The largest absolute Gasteiger partial charge is 0.454 e. The number of hydrogen-bond acceptors (Lipinski definition) is 4. The maximum Gasteiger partial charge on any atom is 0.241 e. The standard InChI is InChI=1S/C18H19NO4S/c1-3-4-16(14-7-10-17-18(11-14)23-12-22-17)19-24(20,21)15-8-5-13(2)6-9-15/h3,5-11,16,19H,1,4,12H2,2H3. The van der Waals surface area contributed by atoms with Crippen LogP contribution in [0.1, 0.15) is 23.6 Å². The first-order valence-electron chi connectivity index (χ1n) is 7.59. The Morgan fingerprint density at radius 3 is 2.58 bits per heavy atom. The monoisotopic (exact) mass is 345 g/mol. The highest BCUT2D eigenvalue weighted by atomic mass is 32.2. The molecule has 5 nitrogen and oxygen atoms in total. The third-order valence-electron chi connectivity index (χ3n) is 3.83. The van der Waals surface area contributed by atoms with Gasteiger partial charge in [0.25, 0.3) is 0 Å². The summed E-state index contributed by atoms with van der Waals surface area (Å²) in [4.78, 5) is 0.239. The maximum absolute atomic E-state index is 12.6. The molecule has 0 aromatic heterocycles. The molecule has 1 N–H and O–H groups in total. The molecule has 0 bridgehead atoms. The van der Waals surface area contributed by atoms with E-state index in [1.165, 1.54) is 0 Å². The summed E-state index contributed by atoms with van der Waals surface area (Å²) >= 11 is 0. The van der Waals surface area contributed by atoms with Crippen LogP contribution in [-0.2, 0) is 10.0 Å². The summed E-state index contributed by atoms with van der Waals surface area (Å²) in [6.07, 6.45) is 2.15. The van der Waals surface area contributed by atoms with Crippen molar-refractivity contribution in [3.8, 4) is 11.5 Å². The van der Waals surface area contributed by atoms with Crippen LogP contribution < -0.4 is 14.2 Å². The van der Waals surface area contributed by atoms with E-state index < -0.39 is 16.1 Å². The molecule has 0 spiro atoms. The van der Waals surface area contributed by atoms with Crippen molar-refractivity contribution in [2.24, 2.45) is 0 Å². The molecule has 24 heavy (non-hydrogen) atoms. The zero-order valence-electron chi connectivity index (χ0n) is 13.4. The first-order valence-corrected chi connectivity index (χ1v) is 9.07. The second-order valence-electron chi connectivity index (χ2n) is 5.62. The Balaban J connectivity index is 1.88. The number of hydrogen-bond donors (Lipinski definition) is 1. The van der Waals surface area contributed by atoms with Gasteiger partial charge in [0.1, 0.15) is 0 Å². The predicted molar refractivity (Wildman–Crippen MR) is 91.6 cm³/mol. The van der Waals surface area contributed by atoms with Crippen LogP contribution in [0.4, 0.5) is 0 Å². The first-order chi connectivity index (χ1) is 11.5. The van der Waals surface area contributed by atoms with Gasteiger partial charge in [-0.05, 0) is 43.2 Å². The van der Waals surface area contributed by atoms with Gasteiger partial charge in [0.15, 0.2) is 11.5 Å². The molecule has 0 amide bonds. The van der Waals surface area contributed by atoms with Crippen LogP contribution in [0.5, 0.6) is 11.5 Å². The van der Waals surface area contributed by atoms with Crippen molar-refractivity contribution in [2.75, 3.05) is 6.79 Å². The van der Waals surface area contributed by atoms with Crippen molar-refractivity contribution in [1.82, 2.24) is 4.72 Å². The van der Waals surface area contributed by atoms with E-state index in [4.69, 9.17) is 9.47 Å². The summed E-state index contributed by atoms with van der Waals surface area (Å²) in [6, 6.07) is 11.7. The lowest BCUT2D eigenvalue weighted by Crippen LogP contribution is -2.28. The van der Waals surface area contributed by atoms with Crippen LogP contribution in [0.2, 0.25) is 0 Å². The molecule has 0 fully saturated rings. The molecule has 0 saturated heterocycles. The molecule has 2 aromatic carbocycles. The average molecular weight is 345 g/mol. The number of rotatable bonds is 6. The van der Waals surface area contributed by atoms with E-state index in [1.54, 1.807) is 42.5 Å². The maximum atomic E-state index is 12.6. The van der Waals surface area contributed by atoms with E-state index >= 15 is 0 Å². The van der Waals surface area contributed by atoms with Gasteiger partial charge in [-0.2, -0.15) is 0 Å². The number of aryl methyl sites for hydroxylation is 1. The Hall–Kier alpha value is -2.31. The van der Waals surface area contributed by atoms with E-state index in [0.29, 0.717) is 17.9 Å². The van der Waals surface area contributed by atoms with Gasteiger partial charge in [-0.25, -0.2) is 13.1 Å². The summed E-state index contributed by atoms with van der Waals surface area (Å²) in [5.74, 6) is 1.29. The molecule has 1 heterocycles. The highest BCUT2D eigenvalue weighted by Crippen LogP contribution is 2.35. The lowest BCUT2D eigenvalue weighted by molar-refractivity contribution is 0.174. The predicted octanol–water partition coefficient (Wildman–Crippen LogP) is 3.32. The Morgan fingerprint density at radius 1 is 1.17 bits per heavy atom. The number of nitrogens with one attached hydrogen (secondary N) is 1. The van der Waals surface area contributed by atoms with E-state index in [2.05, 4.69) is 11.3 Å². The van der Waals surface area contributed by atoms with Crippen LogP contribution >= 0.6 is 0 Å². The normalized spacial score (nSPS) is 14.4. The van der Waals surface area contributed by atoms with E-state index in [-0.39, 0.29) is 11.7 Å². The fraction of sp³-hybridized carbons (Fsp3) is 0.222. The molecule has 1 aliphatic heterocycles. The van der Waals surface area contributed by atoms with Crippen molar-refractivity contribution in [3.05, 3.63) is 66.2 Å². The van der Waals surface area contributed by atoms with Gasteiger partial charge in [0.05, 0.1) is 10.9 Å². The molecular weight excluding hydrogens is 326 g/mol. The Kier molecular flexibility index (Phi) is 4.59. The summed E-state index contributed by atoms with van der Waals surface area (Å²) in [6.45, 7) is 5.82. The second kappa shape index (κ2) is 6.67. The highest BCUT2D eigenvalue weighted by Gasteiger charge is 2.23. The number of ether oxygens (including phenoxy) is 2. The molecule has 6 heteroatoms. The summed E-state index contributed by atoms with van der Waals surface area (Å²) in [5.41, 5.74) is 1.81.